The molecule has 0 saturated carbocycles. The van der Waals surface area contributed by atoms with E-state index in [1.807, 2.05) is 6.92 Å². The first kappa shape index (κ1) is 23.7. The van der Waals surface area contributed by atoms with Crippen molar-refractivity contribution in [3.05, 3.63) is 68.5 Å². The Bertz CT molecular complexity index is 1120. The lowest BCUT2D eigenvalue weighted by Crippen LogP contribution is -2.47. The highest BCUT2D eigenvalue weighted by Crippen LogP contribution is 2.30. The second kappa shape index (κ2) is 9.66. The van der Waals surface area contributed by atoms with E-state index in [4.69, 9.17) is 21.2 Å². The van der Waals surface area contributed by atoms with Crippen LogP contribution in [0.4, 0.5) is 8.78 Å². The van der Waals surface area contributed by atoms with E-state index in [-0.39, 0.29) is 29.0 Å². The molecule has 2 aromatic heterocycles. The van der Waals surface area contributed by atoms with E-state index in [0.717, 1.165) is 16.8 Å². The first-order valence-electron chi connectivity index (χ1n) is 9.72. The van der Waals surface area contributed by atoms with Crippen LogP contribution in [0.25, 0.3) is 0 Å². The lowest BCUT2D eigenvalue weighted by Gasteiger charge is -2.33. The number of likely N-dealkylation sites (N-methyl/N-ethyl adjacent to an activating group) is 1. The third-order valence-electron chi connectivity index (χ3n) is 5.28. The van der Waals surface area contributed by atoms with Crippen molar-refractivity contribution in [3.8, 4) is 5.75 Å². The number of aromatic nitrogens is 2. The standard InChI is InChI=1S/C21H23ClF2N4O4/c1-11-8-25-15(20(29)27(3)31-4)7-17(11)28-12(2)5-18(19(22)21(28)30)32-10-16-14(24)6-13(23)9-26-16/h5-6,8-9,15,17,25H,7,10H2,1-4H3/t15-,17-/m1/s1. The van der Waals surface area contributed by atoms with Crippen molar-refractivity contribution in [1.29, 1.82) is 0 Å². The van der Waals surface area contributed by atoms with Crippen molar-refractivity contribution in [1.82, 2.24) is 19.9 Å². The third-order valence-corrected chi connectivity index (χ3v) is 5.63. The van der Waals surface area contributed by atoms with E-state index < -0.39 is 29.3 Å². The van der Waals surface area contributed by atoms with Gasteiger partial charge in [-0.1, -0.05) is 11.6 Å². The summed E-state index contributed by atoms with van der Waals surface area (Å²) in [5.74, 6) is -1.90. The first-order chi connectivity index (χ1) is 15.1. The number of hydrogen-bond acceptors (Lipinski definition) is 6. The summed E-state index contributed by atoms with van der Waals surface area (Å²) in [5, 5.41) is 3.94. The van der Waals surface area contributed by atoms with Gasteiger partial charge >= 0.3 is 0 Å². The molecule has 11 heteroatoms. The van der Waals surface area contributed by atoms with Crippen molar-refractivity contribution in [2.24, 2.45) is 0 Å². The van der Waals surface area contributed by atoms with E-state index in [1.165, 1.54) is 18.7 Å². The minimum Gasteiger partial charge on any atom is -0.485 e. The molecule has 0 bridgehead atoms. The number of hydroxylamine groups is 2. The Hall–Kier alpha value is -2.98. The minimum atomic E-state index is -0.863. The van der Waals surface area contributed by atoms with Crippen molar-refractivity contribution >= 4 is 17.5 Å². The Morgan fingerprint density at radius 2 is 2.09 bits per heavy atom. The topological polar surface area (TPSA) is 85.7 Å². The molecule has 0 unspecified atom stereocenters. The smallest absolute Gasteiger partial charge is 0.273 e. The Morgan fingerprint density at radius 3 is 2.75 bits per heavy atom. The Balaban J connectivity index is 1.88. The number of pyridine rings is 2. The Labute approximate surface area is 188 Å². The molecule has 1 N–H and O–H groups in total. The minimum absolute atomic E-state index is 0.0539. The van der Waals surface area contributed by atoms with Gasteiger partial charge in [-0.15, -0.1) is 0 Å². The normalized spacial score (nSPS) is 18.0. The zero-order chi connectivity index (χ0) is 23.6. The molecule has 3 rings (SSSR count). The Kier molecular flexibility index (Phi) is 7.15. The van der Waals surface area contributed by atoms with Gasteiger partial charge in [0.25, 0.3) is 11.5 Å². The van der Waals surface area contributed by atoms with Gasteiger partial charge in [-0.2, -0.15) is 0 Å². The predicted octanol–water partition coefficient (Wildman–Crippen LogP) is 2.89. The zero-order valence-corrected chi connectivity index (χ0v) is 18.7. The van der Waals surface area contributed by atoms with Crippen LogP contribution < -0.4 is 15.6 Å². The maximum absolute atomic E-state index is 13.8. The summed E-state index contributed by atoms with van der Waals surface area (Å²) in [6.07, 6.45) is 2.86. The molecule has 172 valence electrons. The summed E-state index contributed by atoms with van der Waals surface area (Å²) in [5.41, 5.74) is 0.736. The van der Waals surface area contributed by atoms with Crippen LogP contribution in [0.3, 0.4) is 0 Å². The van der Waals surface area contributed by atoms with Crippen LogP contribution in [0.1, 0.15) is 30.8 Å². The fourth-order valence-electron chi connectivity index (χ4n) is 3.48. The van der Waals surface area contributed by atoms with Gasteiger partial charge in [-0.25, -0.2) is 13.8 Å². The van der Waals surface area contributed by atoms with E-state index in [0.29, 0.717) is 18.2 Å². The van der Waals surface area contributed by atoms with Gasteiger partial charge in [0, 0.05) is 31.3 Å². The van der Waals surface area contributed by atoms with Gasteiger partial charge in [0.2, 0.25) is 0 Å². The SMILES string of the molecule is CON(C)C(=O)[C@H]1C[C@@H](n2c(C)cc(OCc3ncc(F)cc3F)c(Cl)c2=O)C(C)=CN1. The molecule has 0 fully saturated rings. The maximum Gasteiger partial charge on any atom is 0.273 e. The summed E-state index contributed by atoms with van der Waals surface area (Å²) in [4.78, 5) is 34.2. The molecule has 32 heavy (non-hydrogen) atoms. The van der Waals surface area contributed by atoms with Crippen LogP contribution in [0.15, 0.2) is 34.9 Å². The van der Waals surface area contributed by atoms with Crippen LogP contribution in [0.5, 0.6) is 5.75 Å². The molecule has 1 aliphatic rings. The van der Waals surface area contributed by atoms with Crippen LogP contribution in [0.2, 0.25) is 5.02 Å². The van der Waals surface area contributed by atoms with Crippen LogP contribution in [-0.4, -0.2) is 40.7 Å². The number of rotatable bonds is 6. The molecule has 0 saturated heterocycles. The molecule has 1 amide bonds. The summed E-state index contributed by atoms with van der Waals surface area (Å²) < 4.78 is 33.8. The highest BCUT2D eigenvalue weighted by atomic mass is 35.5. The van der Waals surface area contributed by atoms with Gasteiger partial charge in [0.05, 0.1) is 19.3 Å². The van der Waals surface area contributed by atoms with Gasteiger partial charge in [-0.3, -0.25) is 19.4 Å². The number of halogens is 3. The summed E-state index contributed by atoms with van der Waals surface area (Å²) >= 11 is 6.28. The van der Waals surface area contributed by atoms with E-state index in [9.17, 15) is 18.4 Å². The van der Waals surface area contributed by atoms with E-state index >= 15 is 0 Å². The lowest BCUT2D eigenvalue weighted by atomic mass is 9.96. The molecule has 8 nitrogen and oxygen atoms in total. The van der Waals surface area contributed by atoms with Gasteiger partial charge < -0.3 is 14.6 Å². The quantitative estimate of drug-likeness (QED) is 0.656. The van der Waals surface area contributed by atoms with Gasteiger partial charge in [0.1, 0.15) is 34.9 Å². The maximum atomic E-state index is 13.8. The molecule has 0 radical (unpaired) electrons. The molecular formula is C21H23ClF2N4O4. The molecule has 2 aromatic rings. The number of hydrogen-bond donors (Lipinski definition) is 1. The molecule has 1 aliphatic heterocycles. The van der Waals surface area contributed by atoms with Crippen LogP contribution in [-0.2, 0) is 16.2 Å². The number of allylic oxidation sites excluding steroid dienone is 1. The van der Waals surface area contributed by atoms with Crippen molar-refractivity contribution in [3.63, 3.8) is 0 Å². The highest BCUT2D eigenvalue weighted by molar-refractivity contribution is 6.31. The molecule has 0 spiro atoms. The van der Waals surface area contributed by atoms with Crippen molar-refractivity contribution in [2.75, 3.05) is 14.2 Å². The number of aryl methyl sites for hydroxylation is 1. The summed E-state index contributed by atoms with van der Waals surface area (Å²) in [6.45, 7) is 3.21. The summed E-state index contributed by atoms with van der Waals surface area (Å²) in [7, 11) is 2.89. The van der Waals surface area contributed by atoms with Gasteiger partial charge in [-0.05, 0) is 25.6 Å². The number of nitrogens with one attached hydrogen (secondary N) is 1. The number of carbonyl (C=O) groups excluding carboxylic acids is 1. The van der Waals surface area contributed by atoms with Crippen LogP contribution in [0, 0.1) is 18.6 Å². The monoisotopic (exact) mass is 468 g/mol. The molecule has 2 atom stereocenters. The fraction of sp³-hybridized carbons (Fsp3) is 0.381. The van der Waals surface area contributed by atoms with Crippen LogP contribution >= 0.6 is 11.6 Å². The number of carbonyl (C=O) groups is 1. The molecular weight excluding hydrogens is 446 g/mol. The molecule has 0 aliphatic carbocycles. The molecule has 3 heterocycles. The molecule has 0 aromatic carbocycles. The van der Waals surface area contributed by atoms with E-state index in [2.05, 4.69) is 10.3 Å². The Morgan fingerprint density at radius 1 is 1.38 bits per heavy atom. The fourth-order valence-corrected chi connectivity index (χ4v) is 3.68. The van der Waals surface area contributed by atoms with Gasteiger partial charge in [0.15, 0.2) is 5.82 Å². The first-order valence-corrected chi connectivity index (χ1v) is 10.1. The number of nitrogens with zero attached hydrogens (tertiary/aromatic N) is 3. The average Bonchev–Trinajstić information content (AvgIpc) is 2.76. The van der Waals surface area contributed by atoms with Crippen molar-refractivity contribution in [2.45, 2.75) is 39.0 Å². The largest absolute Gasteiger partial charge is 0.485 e. The number of amides is 1. The zero-order valence-electron chi connectivity index (χ0n) is 18.0. The lowest BCUT2D eigenvalue weighted by molar-refractivity contribution is -0.171. The third kappa shape index (κ3) is 4.76. The average molecular weight is 469 g/mol. The summed E-state index contributed by atoms with van der Waals surface area (Å²) in [6, 6.07) is 1.23. The van der Waals surface area contributed by atoms with E-state index in [1.54, 1.807) is 19.2 Å². The second-order valence-electron chi connectivity index (χ2n) is 7.39. The van der Waals surface area contributed by atoms with Crippen molar-refractivity contribution < 1.29 is 23.1 Å². The highest BCUT2D eigenvalue weighted by Gasteiger charge is 2.32. The second-order valence-corrected chi connectivity index (χ2v) is 7.77. The predicted molar refractivity (Wildman–Crippen MR) is 113 cm³/mol. The number of ether oxygens (including phenoxy) is 1.